The zero-order valence-corrected chi connectivity index (χ0v) is 13.5. The first-order valence-corrected chi connectivity index (χ1v) is 10.3. The molecule has 0 aliphatic carbocycles. The Balaban J connectivity index is 2.26. The topological polar surface area (TPSA) is 153 Å². The van der Waals surface area contributed by atoms with Gasteiger partial charge in [0.25, 0.3) is 0 Å². The Morgan fingerprint density at radius 1 is 1.10 bits per heavy atom. The second-order valence-electron chi connectivity index (χ2n) is 4.09. The minimum atomic E-state index is -4.90. The third kappa shape index (κ3) is 7.49. The molecule has 0 unspecified atom stereocenters. The molecule has 1 heterocycles. The van der Waals surface area contributed by atoms with Crippen LogP contribution in [-0.4, -0.2) is 47.4 Å². The van der Waals surface area contributed by atoms with Gasteiger partial charge < -0.3 is 19.6 Å². The van der Waals surface area contributed by atoms with Crippen molar-refractivity contribution in [3.05, 3.63) is 18.5 Å². The summed E-state index contributed by atoms with van der Waals surface area (Å²) in [6.07, 6.45) is 4.45. The van der Waals surface area contributed by atoms with Crippen molar-refractivity contribution in [1.29, 1.82) is 0 Å². The van der Waals surface area contributed by atoms with E-state index in [1.807, 2.05) is 0 Å². The Labute approximate surface area is 125 Å². The number of unbranched alkanes of at least 4 members (excludes halogenated alkanes) is 1. The molecular formula is C9H17N3O6P2S. The lowest BCUT2D eigenvalue weighted by Crippen LogP contribution is -2.29. The predicted molar refractivity (Wildman–Crippen MR) is 77.9 cm³/mol. The maximum absolute atomic E-state index is 11.0. The first kappa shape index (κ1) is 18.7. The molecular weight excluding hydrogens is 340 g/mol. The van der Waals surface area contributed by atoms with E-state index in [-0.39, 0.29) is 6.54 Å². The van der Waals surface area contributed by atoms with Crippen LogP contribution in [0.15, 0.2) is 23.6 Å². The van der Waals surface area contributed by atoms with Gasteiger partial charge in [-0.05, 0) is 25.5 Å². The molecule has 120 valence electrons. The van der Waals surface area contributed by atoms with Crippen LogP contribution < -0.4 is 5.32 Å². The fourth-order valence-corrected chi connectivity index (χ4v) is 4.52. The number of nitrogens with one attached hydrogen (secondary N) is 1. The molecule has 1 aromatic heterocycles. The maximum Gasteiger partial charge on any atom is 0.354 e. The Morgan fingerprint density at radius 2 is 1.67 bits per heavy atom. The molecule has 9 nitrogen and oxygen atoms in total. The fraction of sp³-hybridized carbons (Fsp3) is 0.556. The summed E-state index contributed by atoms with van der Waals surface area (Å²) < 4.78 is 22.0. The van der Waals surface area contributed by atoms with Gasteiger partial charge >= 0.3 is 15.2 Å². The van der Waals surface area contributed by atoms with Gasteiger partial charge in [0.05, 0.1) is 0 Å². The molecule has 0 radical (unpaired) electrons. The fourth-order valence-electron chi connectivity index (χ4n) is 1.42. The molecule has 0 saturated heterocycles. The maximum atomic E-state index is 11.0. The average molecular weight is 357 g/mol. The van der Waals surface area contributed by atoms with Crippen molar-refractivity contribution in [3.8, 4) is 0 Å². The van der Waals surface area contributed by atoms with Crippen molar-refractivity contribution in [2.45, 2.75) is 23.5 Å². The zero-order valence-electron chi connectivity index (χ0n) is 10.9. The van der Waals surface area contributed by atoms with Crippen LogP contribution in [0, 0.1) is 0 Å². The lowest BCUT2D eigenvalue weighted by atomic mass is 10.3. The molecule has 1 aromatic rings. The zero-order chi connectivity index (χ0) is 15.9. The minimum Gasteiger partial charge on any atom is -0.323 e. The van der Waals surface area contributed by atoms with Crippen LogP contribution in [0.2, 0.25) is 0 Å². The molecule has 1 rings (SSSR count). The first-order valence-electron chi connectivity index (χ1n) is 5.95. The van der Waals surface area contributed by atoms with Gasteiger partial charge in [-0.2, -0.15) is 0 Å². The lowest BCUT2D eigenvalue weighted by molar-refractivity contribution is 0.327. The van der Waals surface area contributed by atoms with Gasteiger partial charge in [0.2, 0.25) is 5.52 Å². The molecule has 5 N–H and O–H groups in total. The van der Waals surface area contributed by atoms with Crippen molar-refractivity contribution in [2.24, 2.45) is 0 Å². The summed E-state index contributed by atoms with van der Waals surface area (Å²) in [4.78, 5) is 43.6. The number of hydrogen-bond donors (Lipinski definition) is 5. The Bertz CT molecular complexity index is 499. The Morgan fingerprint density at radius 3 is 2.19 bits per heavy atom. The summed E-state index contributed by atoms with van der Waals surface area (Å²) >= 11 is 1.43. The highest BCUT2D eigenvalue weighted by molar-refractivity contribution is 7.99. The number of nitrogens with zero attached hydrogens (tertiary/aromatic N) is 2. The molecule has 0 aromatic carbocycles. The molecule has 0 aliphatic rings. The van der Waals surface area contributed by atoms with E-state index in [4.69, 9.17) is 19.6 Å². The number of rotatable bonds is 9. The van der Waals surface area contributed by atoms with Crippen LogP contribution in [0.1, 0.15) is 12.8 Å². The molecule has 0 bridgehead atoms. The SMILES string of the molecule is O=P(O)(O)C(NCCCCSc1ncccn1)P(=O)(O)O. The van der Waals surface area contributed by atoms with E-state index in [2.05, 4.69) is 15.3 Å². The normalized spacial score (nSPS) is 12.8. The monoisotopic (exact) mass is 357 g/mol. The van der Waals surface area contributed by atoms with Crippen LogP contribution in [0.25, 0.3) is 0 Å². The van der Waals surface area contributed by atoms with Gasteiger partial charge in [0, 0.05) is 18.1 Å². The number of thioether (sulfide) groups is 1. The van der Waals surface area contributed by atoms with Crippen LogP contribution >= 0.6 is 27.0 Å². The highest BCUT2D eigenvalue weighted by Crippen LogP contribution is 2.58. The molecule has 0 fully saturated rings. The van der Waals surface area contributed by atoms with Crippen LogP contribution in [0.5, 0.6) is 0 Å². The summed E-state index contributed by atoms with van der Waals surface area (Å²) in [5.74, 6) is 0.697. The molecule has 0 amide bonds. The third-order valence-corrected chi connectivity index (χ3v) is 6.71. The largest absolute Gasteiger partial charge is 0.354 e. The van der Waals surface area contributed by atoms with Crippen LogP contribution in [0.3, 0.4) is 0 Å². The number of hydrogen-bond acceptors (Lipinski definition) is 6. The van der Waals surface area contributed by atoms with E-state index < -0.39 is 20.7 Å². The molecule has 12 heteroatoms. The van der Waals surface area contributed by atoms with Gasteiger partial charge in [-0.15, -0.1) is 0 Å². The molecule has 0 aliphatic heterocycles. The van der Waals surface area contributed by atoms with E-state index in [1.54, 1.807) is 18.5 Å². The minimum absolute atomic E-state index is 0.0943. The quantitative estimate of drug-likeness (QED) is 0.183. The average Bonchev–Trinajstić information content (AvgIpc) is 2.35. The molecule has 0 atom stereocenters. The van der Waals surface area contributed by atoms with Gasteiger partial charge in [0.15, 0.2) is 5.16 Å². The van der Waals surface area contributed by atoms with Gasteiger partial charge in [0.1, 0.15) is 0 Å². The molecule has 0 saturated carbocycles. The van der Waals surface area contributed by atoms with Gasteiger partial charge in [-0.1, -0.05) is 11.8 Å². The van der Waals surface area contributed by atoms with Gasteiger partial charge in [-0.25, -0.2) is 9.97 Å². The highest BCUT2D eigenvalue weighted by Gasteiger charge is 2.42. The summed E-state index contributed by atoms with van der Waals surface area (Å²) in [6, 6.07) is 1.71. The lowest BCUT2D eigenvalue weighted by Gasteiger charge is -2.20. The Hall–Kier alpha value is -0.310. The van der Waals surface area contributed by atoms with E-state index in [0.717, 1.165) is 0 Å². The van der Waals surface area contributed by atoms with Crippen molar-refractivity contribution < 1.29 is 28.7 Å². The van der Waals surface area contributed by atoms with E-state index in [0.29, 0.717) is 23.8 Å². The summed E-state index contributed by atoms with van der Waals surface area (Å²) in [5.41, 5.74) is -2.14. The van der Waals surface area contributed by atoms with E-state index in [1.165, 1.54) is 11.8 Å². The van der Waals surface area contributed by atoms with E-state index in [9.17, 15) is 9.13 Å². The Kier molecular flexibility index (Phi) is 7.46. The second kappa shape index (κ2) is 8.36. The van der Waals surface area contributed by atoms with Crippen molar-refractivity contribution in [1.82, 2.24) is 15.3 Å². The molecule has 21 heavy (non-hydrogen) atoms. The van der Waals surface area contributed by atoms with Crippen molar-refractivity contribution in [3.63, 3.8) is 0 Å². The summed E-state index contributed by atoms with van der Waals surface area (Å²) in [6.45, 7) is 0.0943. The summed E-state index contributed by atoms with van der Waals surface area (Å²) in [5, 5.41) is 2.86. The smallest absolute Gasteiger partial charge is 0.323 e. The molecule has 0 spiro atoms. The standard InChI is InChI=1S/C9H17N3O6P2S/c13-19(14,15)9(20(16,17)18)12-4-1-2-7-21-8-10-5-3-6-11-8/h3,5-6,9,12H,1-2,4,7H2,(H2,13,14,15)(H2,16,17,18). The highest BCUT2D eigenvalue weighted by atomic mass is 32.2. The van der Waals surface area contributed by atoms with Crippen molar-refractivity contribution >= 4 is 27.0 Å². The number of aromatic nitrogens is 2. The van der Waals surface area contributed by atoms with Gasteiger partial charge in [-0.3, -0.25) is 14.4 Å². The third-order valence-electron chi connectivity index (χ3n) is 2.31. The van der Waals surface area contributed by atoms with Crippen LogP contribution in [-0.2, 0) is 9.13 Å². The van der Waals surface area contributed by atoms with Crippen molar-refractivity contribution in [2.75, 3.05) is 12.3 Å². The van der Waals surface area contributed by atoms with Crippen LogP contribution in [0.4, 0.5) is 0 Å². The van der Waals surface area contributed by atoms with E-state index >= 15 is 0 Å². The predicted octanol–water partition coefficient (Wildman–Crippen LogP) is 0.577. The first-order chi connectivity index (χ1) is 9.71. The second-order valence-corrected chi connectivity index (χ2v) is 8.95. The summed E-state index contributed by atoms with van der Waals surface area (Å²) in [7, 11) is -9.80.